The molecule has 1 atom stereocenters. The third-order valence-electron chi connectivity index (χ3n) is 5.82. The minimum Gasteiger partial charge on any atom is -0.354 e. The highest BCUT2D eigenvalue weighted by Crippen LogP contribution is 2.27. The molecule has 10 heteroatoms. The van der Waals surface area contributed by atoms with Gasteiger partial charge in [-0.3, -0.25) is 13.9 Å². The summed E-state index contributed by atoms with van der Waals surface area (Å²) in [5, 5.41) is 2.83. The number of hydrogen-bond donors (Lipinski definition) is 1. The second-order valence-electron chi connectivity index (χ2n) is 9.27. The van der Waals surface area contributed by atoms with Crippen molar-refractivity contribution in [3.8, 4) is 0 Å². The predicted octanol–water partition coefficient (Wildman–Crippen LogP) is 4.97. The maximum absolute atomic E-state index is 13.8. The highest BCUT2D eigenvalue weighted by molar-refractivity contribution is 9.10. The number of anilines is 1. The van der Waals surface area contributed by atoms with Gasteiger partial charge in [0.2, 0.25) is 11.8 Å². The third kappa shape index (κ3) is 7.64. The Morgan fingerprint density at radius 3 is 2.21 bits per heavy atom. The van der Waals surface area contributed by atoms with E-state index < -0.39 is 34.3 Å². The number of nitrogens with one attached hydrogen (secondary N) is 1. The maximum atomic E-state index is 13.8. The standard InChI is InChI=1S/C28H31BrFN3O4S/c1-20(2)17-31-28(35)21(3)32(18-22-12-14-24(30)15-13-22)27(34)19-33(25-9-7-8-23(29)16-25)38(36,37)26-10-5-4-6-11-26/h4-16,20-21H,17-19H2,1-3H3,(H,31,35). The van der Waals surface area contributed by atoms with Gasteiger partial charge in [0.05, 0.1) is 10.6 Å². The van der Waals surface area contributed by atoms with Crippen LogP contribution in [0.1, 0.15) is 26.3 Å². The highest BCUT2D eigenvalue weighted by atomic mass is 79.9. The van der Waals surface area contributed by atoms with Crippen LogP contribution in [0.15, 0.2) is 88.2 Å². The number of sulfonamides is 1. The lowest BCUT2D eigenvalue weighted by Gasteiger charge is -2.32. The van der Waals surface area contributed by atoms with Gasteiger partial charge in [-0.2, -0.15) is 0 Å². The molecule has 0 aliphatic rings. The Balaban J connectivity index is 1.99. The molecule has 0 aromatic heterocycles. The summed E-state index contributed by atoms with van der Waals surface area (Å²) in [6.45, 7) is 5.37. The molecular formula is C28H31BrFN3O4S. The summed E-state index contributed by atoms with van der Waals surface area (Å²) < 4.78 is 42.6. The second-order valence-corrected chi connectivity index (χ2v) is 12.0. The molecule has 38 heavy (non-hydrogen) atoms. The molecule has 0 saturated carbocycles. The first-order valence-electron chi connectivity index (χ1n) is 12.1. The van der Waals surface area contributed by atoms with Crippen molar-refractivity contribution >= 4 is 43.5 Å². The Morgan fingerprint density at radius 1 is 0.947 bits per heavy atom. The van der Waals surface area contributed by atoms with Crippen molar-refractivity contribution in [3.63, 3.8) is 0 Å². The molecule has 0 aliphatic heterocycles. The predicted molar refractivity (Wildman–Crippen MR) is 149 cm³/mol. The van der Waals surface area contributed by atoms with Crippen LogP contribution in [0, 0.1) is 11.7 Å². The first-order chi connectivity index (χ1) is 18.0. The van der Waals surface area contributed by atoms with Crippen LogP contribution >= 0.6 is 15.9 Å². The monoisotopic (exact) mass is 603 g/mol. The average Bonchev–Trinajstić information content (AvgIpc) is 2.89. The molecular weight excluding hydrogens is 573 g/mol. The zero-order valence-corrected chi connectivity index (χ0v) is 23.9. The number of amides is 2. The molecule has 0 saturated heterocycles. The van der Waals surface area contributed by atoms with Crippen LogP contribution in [0.3, 0.4) is 0 Å². The first kappa shape index (κ1) is 29.3. The minimum atomic E-state index is -4.13. The van der Waals surface area contributed by atoms with Gasteiger partial charge in [-0.05, 0) is 60.9 Å². The summed E-state index contributed by atoms with van der Waals surface area (Å²) in [5.41, 5.74) is 0.887. The average molecular weight is 605 g/mol. The molecule has 0 radical (unpaired) electrons. The molecule has 0 bridgehead atoms. The molecule has 7 nitrogen and oxygen atoms in total. The molecule has 0 spiro atoms. The summed E-state index contributed by atoms with van der Waals surface area (Å²) in [4.78, 5) is 28.1. The van der Waals surface area contributed by atoms with Gasteiger partial charge in [-0.1, -0.05) is 66.2 Å². The highest BCUT2D eigenvalue weighted by Gasteiger charge is 2.32. The summed E-state index contributed by atoms with van der Waals surface area (Å²) in [5.74, 6) is -1.17. The van der Waals surface area contributed by atoms with Crippen LogP contribution in [0.5, 0.6) is 0 Å². The van der Waals surface area contributed by atoms with Crippen molar-refractivity contribution in [2.24, 2.45) is 5.92 Å². The summed E-state index contributed by atoms with van der Waals surface area (Å²) in [7, 11) is -4.13. The zero-order chi connectivity index (χ0) is 27.9. The van der Waals surface area contributed by atoms with E-state index in [0.29, 0.717) is 16.6 Å². The van der Waals surface area contributed by atoms with Gasteiger partial charge in [-0.15, -0.1) is 0 Å². The molecule has 3 aromatic rings. The van der Waals surface area contributed by atoms with Crippen molar-refractivity contribution in [1.29, 1.82) is 0 Å². The summed E-state index contributed by atoms with van der Waals surface area (Å²) >= 11 is 3.37. The van der Waals surface area contributed by atoms with Gasteiger partial charge < -0.3 is 10.2 Å². The Morgan fingerprint density at radius 2 is 1.61 bits per heavy atom. The summed E-state index contributed by atoms with van der Waals surface area (Å²) in [6.07, 6.45) is 0. The van der Waals surface area contributed by atoms with Crippen LogP contribution in [0.25, 0.3) is 0 Å². The molecule has 1 unspecified atom stereocenters. The largest absolute Gasteiger partial charge is 0.354 e. The molecule has 0 fully saturated rings. The van der Waals surface area contributed by atoms with Crippen molar-refractivity contribution in [3.05, 3.63) is 94.7 Å². The third-order valence-corrected chi connectivity index (χ3v) is 8.11. The molecule has 3 rings (SSSR count). The van der Waals surface area contributed by atoms with Crippen LogP contribution in [-0.2, 0) is 26.2 Å². The van der Waals surface area contributed by atoms with Crippen molar-refractivity contribution in [1.82, 2.24) is 10.2 Å². The van der Waals surface area contributed by atoms with Crippen molar-refractivity contribution in [2.45, 2.75) is 38.3 Å². The van der Waals surface area contributed by atoms with E-state index >= 15 is 0 Å². The Kier molecular flexibility index (Phi) is 10.0. The fourth-order valence-corrected chi connectivity index (χ4v) is 5.52. The Bertz CT molecular complexity index is 1350. The van der Waals surface area contributed by atoms with Crippen LogP contribution < -0.4 is 9.62 Å². The number of carbonyl (C=O) groups excluding carboxylic acids is 2. The minimum absolute atomic E-state index is 0.00686. The second kappa shape index (κ2) is 13.0. The molecule has 2 amide bonds. The van der Waals surface area contributed by atoms with Gasteiger partial charge in [0.15, 0.2) is 0 Å². The van der Waals surface area contributed by atoms with Crippen LogP contribution in [0.4, 0.5) is 10.1 Å². The van der Waals surface area contributed by atoms with E-state index in [1.807, 2.05) is 13.8 Å². The van der Waals surface area contributed by atoms with Crippen LogP contribution in [0.2, 0.25) is 0 Å². The van der Waals surface area contributed by atoms with Crippen LogP contribution in [-0.4, -0.2) is 44.3 Å². The zero-order valence-electron chi connectivity index (χ0n) is 21.5. The quantitative estimate of drug-likeness (QED) is 0.335. The lowest BCUT2D eigenvalue weighted by molar-refractivity contribution is -0.139. The van der Waals surface area contributed by atoms with Gasteiger partial charge in [0.1, 0.15) is 18.4 Å². The van der Waals surface area contributed by atoms with E-state index in [9.17, 15) is 22.4 Å². The van der Waals surface area contributed by atoms with Gasteiger partial charge in [0.25, 0.3) is 10.0 Å². The van der Waals surface area contributed by atoms with E-state index in [0.717, 1.165) is 4.31 Å². The van der Waals surface area contributed by atoms with Crippen molar-refractivity contribution in [2.75, 3.05) is 17.4 Å². The number of halogens is 2. The number of carbonyl (C=O) groups is 2. The smallest absolute Gasteiger partial charge is 0.264 e. The molecule has 3 aromatic carbocycles. The van der Waals surface area contributed by atoms with E-state index in [4.69, 9.17) is 0 Å². The maximum Gasteiger partial charge on any atom is 0.264 e. The lowest BCUT2D eigenvalue weighted by atomic mass is 10.1. The molecule has 0 heterocycles. The van der Waals surface area contributed by atoms with E-state index in [2.05, 4.69) is 21.2 Å². The number of nitrogens with zero attached hydrogens (tertiary/aromatic N) is 2. The normalized spacial score (nSPS) is 12.2. The molecule has 1 N–H and O–H groups in total. The SMILES string of the molecule is CC(C)CNC(=O)C(C)N(Cc1ccc(F)cc1)C(=O)CN(c1cccc(Br)c1)S(=O)(=O)c1ccccc1. The lowest BCUT2D eigenvalue weighted by Crippen LogP contribution is -2.51. The molecule has 202 valence electrons. The fourth-order valence-electron chi connectivity index (χ4n) is 3.70. The first-order valence-corrected chi connectivity index (χ1v) is 14.4. The molecule has 0 aliphatic carbocycles. The van der Waals surface area contributed by atoms with E-state index in [-0.39, 0.29) is 29.0 Å². The fraction of sp³-hybridized carbons (Fsp3) is 0.286. The number of hydrogen-bond acceptors (Lipinski definition) is 4. The number of rotatable bonds is 11. The van der Waals surface area contributed by atoms with E-state index in [1.54, 1.807) is 49.4 Å². The Labute approximate surface area is 231 Å². The number of benzene rings is 3. The summed E-state index contributed by atoms with van der Waals surface area (Å²) in [6, 6.07) is 19.2. The van der Waals surface area contributed by atoms with Gasteiger partial charge in [0, 0.05) is 17.6 Å². The van der Waals surface area contributed by atoms with Gasteiger partial charge >= 0.3 is 0 Å². The topological polar surface area (TPSA) is 86.8 Å². The van der Waals surface area contributed by atoms with Gasteiger partial charge in [-0.25, -0.2) is 12.8 Å². The Hall–Kier alpha value is -3.24. The van der Waals surface area contributed by atoms with Crippen molar-refractivity contribution < 1.29 is 22.4 Å². The van der Waals surface area contributed by atoms with E-state index in [1.165, 1.54) is 41.3 Å².